The maximum atomic E-state index is 12.4. The highest BCUT2D eigenvalue weighted by molar-refractivity contribution is 7.92. The molecule has 0 aliphatic rings. The zero-order valence-corrected chi connectivity index (χ0v) is 16.0. The van der Waals surface area contributed by atoms with E-state index in [0.29, 0.717) is 17.1 Å². The van der Waals surface area contributed by atoms with Gasteiger partial charge in [-0.1, -0.05) is 6.07 Å². The van der Waals surface area contributed by atoms with Crippen molar-refractivity contribution in [3.8, 4) is 10.6 Å². The van der Waals surface area contributed by atoms with Crippen LogP contribution in [0, 0.1) is 0 Å². The van der Waals surface area contributed by atoms with Gasteiger partial charge in [-0.25, -0.2) is 8.42 Å². The van der Waals surface area contributed by atoms with E-state index >= 15 is 0 Å². The van der Waals surface area contributed by atoms with Crippen LogP contribution in [0.15, 0.2) is 58.7 Å². The summed E-state index contributed by atoms with van der Waals surface area (Å²) in [5, 5.41) is 4.53. The average molecular weight is 403 g/mol. The smallest absolute Gasteiger partial charge is 0.261 e. The number of sulfonamides is 1. The van der Waals surface area contributed by atoms with Crippen molar-refractivity contribution < 1.29 is 13.2 Å². The Balaban J connectivity index is 1.73. The van der Waals surface area contributed by atoms with Crippen molar-refractivity contribution in [2.24, 2.45) is 0 Å². The molecule has 0 bridgehead atoms. The first-order valence-corrected chi connectivity index (χ1v) is 10.6. The highest BCUT2D eigenvalue weighted by Gasteiger charge is 2.13. The Kier molecular flexibility index (Phi) is 5.43. The van der Waals surface area contributed by atoms with Gasteiger partial charge in [0.15, 0.2) is 0 Å². The summed E-state index contributed by atoms with van der Waals surface area (Å²) in [7, 11) is -3.36. The molecule has 0 fully saturated rings. The van der Waals surface area contributed by atoms with Gasteiger partial charge in [0.25, 0.3) is 11.5 Å². The number of benzene rings is 1. The molecule has 0 spiro atoms. The predicted molar refractivity (Wildman–Crippen MR) is 108 cm³/mol. The van der Waals surface area contributed by atoms with E-state index in [-0.39, 0.29) is 11.3 Å². The van der Waals surface area contributed by atoms with E-state index < -0.39 is 21.5 Å². The minimum Gasteiger partial charge on any atom is -0.322 e. The fraction of sp³-hybridized carbons (Fsp3) is 0.111. The molecule has 3 rings (SSSR count). The highest BCUT2D eigenvalue weighted by atomic mass is 32.2. The molecule has 1 amide bonds. The second-order valence-corrected chi connectivity index (χ2v) is 8.59. The number of amides is 1. The number of aromatic amines is 1. The van der Waals surface area contributed by atoms with Crippen LogP contribution in [0.4, 0.5) is 11.4 Å². The normalized spacial score (nSPS) is 11.1. The standard InChI is InChI=1S/C18H17N3O4S2/c1-2-27(24,25)21-13-7-5-12(6-8-13)19-17(22)14-9-10-15(20-18(14)23)16-4-3-11-26-16/h3-11,21H,2H2,1H3,(H,19,22)(H,20,23). The minimum atomic E-state index is -3.36. The molecule has 0 saturated heterocycles. The van der Waals surface area contributed by atoms with E-state index in [0.717, 1.165) is 4.88 Å². The number of thiophene rings is 1. The number of carbonyl (C=O) groups excluding carboxylic acids is 1. The van der Waals surface area contributed by atoms with Crippen LogP contribution in [-0.2, 0) is 10.0 Å². The monoisotopic (exact) mass is 403 g/mol. The molecular formula is C18H17N3O4S2. The van der Waals surface area contributed by atoms with Gasteiger partial charge in [0, 0.05) is 11.4 Å². The van der Waals surface area contributed by atoms with Crippen LogP contribution >= 0.6 is 11.3 Å². The maximum absolute atomic E-state index is 12.4. The van der Waals surface area contributed by atoms with Gasteiger partial charge in [-0.2, -0.15) is 0 Å². The van der Waals surface area contributed by atoms with Gasteiger partial charge in [0.2, 0.25) is 10.0 Å². The third-order valence-corrected chi connectivity index (χ3v) is 5.95. The number of H-pyrrole nitrogens is 1. The molecule has 9 heteroatoms. The lowest BCUT2D eigenvalue weighted by Gasteiger charge is -2.08. The number of nitrogens with one attached hydrogen (secondary N) is 3. The van der Waals surface area contributed by atoms with Crippen LogP contribution in [0.3, 0.4) is 0 Å². The van der Waals surface area contributed by atoms with Crippen molar-refractivity contribution in [3.63, 3.8) is 0 Å². The van der Waals surface area contributed by atoms with Crippen molar-refractivity contribution in [1.29, 1.82) is 0 Å². The number of pyridine rings is 1. The molecule has 3 N–H and O–H groups in total. The molecule has 0 unspecified atom stereocenters. The average Bonchev–Trinajstić information content (AvgIpc) is 3.17. The maximum Gasteiger partial charge on any atom is 0.261 e. The summed E-state index contributed by atoms with van der Waals surface area (Å²) < 4.78 is 25.5. The molecule has 3 aromatic rings. The number of hydrogen-bond donors (Lipinski definition) is 3. The van der Waals surface area contributed by atoms with Crippen molar-refractivity contribution in [2.75, 3.05) is 15.8 Å². The Hall–Kier alpha value is -2.91. The Morgan fingerprint density at radius 2 is 1.78 bits per heavy atom. The Morgan fingerprint density at radius 1 is 1.07 bits per heavy atom. The summed E-state index contributed by atoms with van der Waals surface area (Å²) in [6.07, 6.45) is 0. The number of aromatic nitrogens is 1. The lowest BCUT2D eigenvalue weighted by atomic mass is 10.2. The highest BCUT2D eigenvalue weighted by Crippen LogP contribution is 2.21. The third-order valence-electron chi connectivity index (χ3n) is 3.74. The summed E-state index contributed by atoms with van der Waals surface area (Å²) >= 11 is 1.49. The molecule has 0 atom stereocenters. The quantitative estimate of drug-likeness (QED) is 0.588. The van der Waals surface area contributed by atoms with E-state index in [1.165, 1.54) is 36.5 Å². The van der Waals surface area contributed by atoms with Crippen LogP contribution in [0.25, 0.3) is 10.6 Å². The van der Waals surface area contributed by atoms with E-state index in [9.17, 15) is 18.0 Å². The predicted octanol–water partition coefficient (Wildman–Crippen LogP) is 3.12. The second-order valence-electron chi connectivity index (χ2n) is 5.63. The van der Waals surface area contributed by atoms with Crippen molar-refractivity contribution in [2.45, 2.75) is 6.92 Å². The topological polar surface area (TPSA) is 108 Å². The Bertz CT molecular complexity index is 1100. The summed E-state index contributed by atoms with van der Waals surface area (Å²) in [5.74, 6) is -0.578. The summed E-state index contributed by atoms with van der Waals surface area (Å²) in [4.78, 5) is 28.2. The van der Waals surface area contributed by atoms with Crippen molar-refractivity contribution >= 4 is 38.6 Å². The zero-order valence-electron chi connectivity index (χ0n) is 14.4. The minimum absolute atomic E-state index is 0.00827. The molecule has 0 aliphatic heterocycles. The largest absolute Gasteiger partial charge is 0.322 e. The molecule has 0 saturated carbocycles. The zero-order chi connectivity index (χ0) is 19.4. The first kappa shape index (κ1) is 18.9. The lowest BCUT2D eigenvalue weighted by molar-refractivity contribution is 0.102. The van der Waals surface area contributed by atoms with Gasteiger partial charge in [0.1, 0.15) is 5.56 Å². The van der Waals surface area contributed by atoms with Gasteiger partial charge in [-0.3, -0.25) is 14.3 Å². The van der Waals surface area contributed by atoms with Crippen LogP contribution in [-0.4, -0.2) is 25.1 Å². The molecule has 7 nitrogen and oxygen atoms in total. The molecule has 1 aromatic carbocycles. The molecule has 140 valence electrons. The van der Waals surface area contributed by atoms with E-state index in [2.05, 4.69) is 15.0 Å². The van der Waals surface area contributed by atoms with Crippen LogP contribution in [0.1, 0.15) is 17.3 Å². The summed E-state index contributed by atoms with van der Waals surface area (Å²) in [6, 6.07) is 13.1. The molecule has 0 radical (unpaired) electrons. The van der Waals surface area contributed by atoms with Crippen LogP contribution < -0.4 is 15.6 Å². The Morgan fingerprint density at radius 3 is 2.37 bits per heavy atom. The molecule has 2 heterocycles. The number of anilines is 2. The van der Waals surface area contributed by atoms with Gasteiger partial charge in [0.05, 0.1) is 16.3 Å². The molecular weight excluding hydrogens is 386 g/mol. The van der Waals surface area contributed by atoms with Gasteiger partial charge < -0.3 is 10.3 Å². The number of rotatable bonds is 6. The second kappa shape index (κ2) is 7.77. The number of hydrogen-bond acceptors (Lipinski definition) is 5. The summed E-state index contributed by atoms with van der Waals surface area (Å²) in [6.45, 7) is 1.54. The van der Waals surface area contributed by atoms with Crippen molar-refractivity contribution in [3.05, 3.63) is 69.8 Å². The molecule has 27 heavy (non-hydrogen) atoms. The summed E-state index contributed by atoms with van der Waals surface area (Å²) in [5.41, 5.74) is 1.00. The molecule has 2 aromatic heterocycles. The Labute approximate surface area is 160 Å². The van der Waals surface area contributed by atoms with E-state index in [4.69, 9.17) is 0 Å². The number of carbonyl (C=O) groups is 1. The van der Waals surface area contributed by atoms with Gasteiger partial charge in [-0.15, -0.1) is 11.3 Å². The SMILES string of the molecule is CCS(=O)(=O)Nc1ccc(NC(=O)c2ccc(-c3cccs3)[nH]c2=O)cc1. The lowest BCUT2D eigenvalue weighted by Crippen LogP contribution is -2.23. The van der Waals surface area contributed by atoms with Gasteiger partial charge in [-0.05, 0) is 54.8 Å². The first-order chi connectivity index (χ1) is 12.9. The van der Waals surface area contributed by atoms with Crippen LogP contribution in [0.5, 0.6) is 0 Å². The van der Waals surface area contributed by atoms with Gasteiger partial charge >= 0.3 is 0 Å². The van der Waals surface area contributed by atoms with Crippen molar-refractivity contribution in [1.82, 2.24) is 4.98 Å². The van der Waals surface area contributed by atoms with Crippen LogP contribution in [0.2, 0.25) is 0 Å². The fourth-order valence-electron chi connectivity index (χ4n) is 2.30. The molecule has 0 aliphatic carbocycles. The first-order valence-electron chi connectivity index (χ1n) is 8.07. The third kappa shape index (κ3) is 4.63. The van der Waals surface area contributed by atoms with E-state index in [1.807, 2.05) is 17.5 Å². The van der Waals surface area contributed by atoms with E-state index in [1.54, 1.807) is 18.2 Å². The fourth-order valence-corrected chi connectivity index (χ4v) is 3.65.